The molecule has 0 fully saturated rings. The molecule has 156 valence electrons. The number of nitrogens with two attached hydrogens (primary N) is 1. The third-order valence-electron chi connectivity index (χ3n) is 5.56. The highest BCUT2D eigenvalue weighted by molar-refractivity contribution is 9.10. The van der Waals surface area contributed by atoms with Crippen LogP contribution in [0.25, 0.3) is 16.6 Å². The van der Waals surface area contributed by atoms with Crippen LogP contribution < -0.4 is 22.2 Å². The van der Waals surface area contributed by atoms with E-state index in [1.807, 2.05) is 0 Å². The molecule has 1 unspecified atom stereocenters. The number of benzene rings is 2. The number of fused-ring (bicyclic) bond motifs is 5. The molecule has 1 aromatic heterocycles. The third-order valence-corrected chi connectivity index (χ3v) is 6.06. The molecule has 0 saturated heterocycles. The number of amides is 1. The molecule has 10 heteroatoms. The lowest BCUT2D eigenvalue weighted by atomic mass is 9.84. The van der Waals surface area contributed by atoms with E-state index in [2.05, 4.69) is 21.2 Å². The summed E-state index contributed by atoms with van der Waals surface area (Å²) >= 11 is 3.35. The standard InChI is InChI=1S/C21H15BrN4O5/c1-2-31-19(29)15-16(23)25-17(27)11-5-3-4-6-12(11)18(28)26(25)21(15)13-8-7-10(22)9-14(13)24-20(21)30/h3-9H,2,23H2,1H3,(H,24,30). The molecular weight excluding hydrogens is 468 g/mol. The first kappa shape index (κ1) is 19.3. The highest BCUT2D eigenvalue weighted by Gasteiger charge is 2.61. The van der Waals surface area contributed by atoms with Gasteiger partial charge in [-0.05, 0) is 31.2 Å². The number of carbonyl (C=O) groups is 2. The molecular formula is C21H15BrN4O5. The largest absolute Gasteiger partial charge is 0.462 e. The van der Waals surface area contributed by atoms with Crippen LogP contribution in [-0.2, 0) is 19.9 Å². The zero-order chi connectivity index (χ0) is 22.1. The van der Waals surface area contributed by atoms with Gasteiger partial charge in [-0.3, -0.25) is 14.4 Å². The summed E-state index contributed by atoms with van der Waals surface area (Å²) in [5.41, 5.74) is 3.47. The Hall–Kier alpha value is -3.66. The molecule has 9 nitrogen and oxygen atoms in total. The molecule has 2 aromatic carbocycles. The molecule has 3 N–H and O–H groups in total. The van der Waals surface area contributed by atoms with Crippen LogP contribution in [0.5, 0.6) is 0 Å². The van der Waals surface area contributed by atoms with Gasteiger partial charge >= 0.3 is 5.97 Å². The maximum absolute atomic E-state index is 13.6. The van der Waals surface area contributed by atoms with Gasteiger partial charge in [-0.25, -0.2) is 9.48 Å². The van der Waals surface area contributed by atoms with Crippen molar-refractivity contribution in [3.05, 3.63) is 78.8 Å². The lowest BCUT2D eigenvalue weighted by Crippen LogP contribution is -2.52. The first-order valence-corrected chi connectivity index (χ1v) is 10.2. The van der Waals surface area contributed by atoms with Crippen molar-refractivity contribution in [2.45, 2.75) is 12.5 Å². The van der Waals surface area contributed by atoms with E-state index in [4.69, 9.17) is 10.5 Å². The van der Waals surface area contributed by atoms with Crippen molar-refractivity contribution in [1.82, 2.24) is 9.36 Å². The van der Waals surface area contributed by atoms with Crippen molar-refractivity contribution < 1.29 is 14.3 Å². The summed E-state index contributed by atoms with van der Waals surface area (Å²) in [6, 6.07) is 11.1. The lowest BCUT2D eigenvalue weighted by molar-refractivity contribution is -0.140. The SMILES string of the molecule is CCOC(=O)C1=C(N)n2c(=O)c3ccccc3c(=O)n2C12C(=O)Nc1cc(Br)ccc12. The summed E-state index contributed by atoms with van der Waals surface area (Å²) in [7, 11) is 0. The van der Waals surface area contributed by atoms with E-state index in [1.54, 1.807) is 37.3 Å². The van der Waals surface area contributed by atoms with Gasteiger partial charge in [0.2, 0.25) is 5.54 Å². The lowest BCUT2D eigenvalue weighted by Gasteiger charge is -2.26. The first-order chi connectivity index (χ1) is 14.8. The fourth-order valence-electron chi connectivity index (χ4n) is 4.37. The summed E-state index contributed by atoms with van der Waals surface area (Å²) in [6.07, 6.45) is 0. The molecule has 0 aliphatic carbocycles. The van der Waals surface area contributed by atoms with Crippen LogP contribution in [0.4, 0.5) is 5.69 Å². The molecule has 3 heterocycles. The van der Waals surface area contributed by atoms with Gasteiger partial charge in [0, 0.05) is 15.7 Å². The van der Waals surface area contributed by atoms with Gasteiger partial charge in [-0.15, -0.1) is 0 Å². The second kappa shape index (κ2) is 6.42. The molecule has 1 amide bonds. The maximum Gasteiger partial charge on any atom is 0.341 e. The van der Waals surface area contributed by atoms with E-state index in [1.165, 1.54) is 12.1 Å². The third kappa shape index (κ3) is 2.25. The van der Waals surface area contributed by atoms with Gasteiger partial charge in [0.1, 0.15) is 11.4 Å². The van der Waals surface area contributed by atoms with Gasteiger partial charge in [0.05, 0.1) is 17.4 Å². The molecule has 2 aliphatic rings. The van der Waals surface area contributed by atoms with Gasteiger partial charge in [-0.2, -0.15) is 4.68 Å². The predicted molar refractivity (Wildman–Crippen MR) is 116 cm³/mol. The summed E-state index contributed by atoms with van der Waals surface area (Å²) in [6.45, 7) is 1.62. The average Bonchev–Trinajstić information content (AvgIpc) is 3.18. The Morgan fingerprint density at radius 1 is 1.13 bits per heavy atom. The smallest absolute Gasteiger partial charge is 0.341 e. The zero-order valence-electron chi connectivity index (χ0n) is 16.1. The fourth-order valence-corrected chi connectivity index (χ4v) is 4.73. The number of rotatable bonds is 2. The van der Waals surface area contributed by atoms with Crippen molar-refractivity contribution in [2.75, 3.05) is 11.9 Å². The minimum atomic E-state index is -1.98. The Morgan fingerprint density at radius 3 is 2.48 bits per heavy atom. The van der Waals surface area contributed by atoms with Gasteiger partial charge in [0.25, 0.3) is 17.0 Å². The second-order valence-corrected chi connectivity index (χ2v) is 8.03. The molecule has 1 atom stereocenters. The number of nitrogens with zero attached hydrogens (tertiary/aromatic N) is 2. The number of hydrogen-bond donors (Lipinski definition) is 2. The van der Waals surface area contributed by atoms with Crippen LogP contribution in [0.15, 0.2) is 62.1 Å². The van der Waals surface area contributed by atoms with Crippen molar-refractivity contribution in [3.8, 4) is 0 Å². The number of anilines is 1. The van der Waals surface area contributed by atoms with Crippen LogP contribution in [0.2, 0.25) is 0 Å². The fraction of sp³-hybridized carbons (Fsp3) is 0.143. The molecule has 0 bridgehead atoms. The van der Waals surface area contributed by atoms with Crippen LogP contribution in [0.1, 0.15) is 12.5 Å². The number of hydrogen-bond acceptors (Lipinski definition) is 6. The van der Waals surface area contributed by atoms with Crippen LogP contribution >= 0.6 is 15.9 Å². The van der Waals surface area contributed by atoms with Crippen molar-refractivity contribution in [3.63, 3.8) is 0 Å². The zero-order valence-corrected chi connectivity index (χ0v) is 17.7. The average molecular weight is 483 g/mol. The van der Waals surface area contributed by atoms with E-state index in [9.17, 15) is 19.2 Å². The molecule has 0 saturated carbocycles. The Balaban J connectivity index is 2.02. The number of carbonyl (C=O) groups excluding carboxylic acids is 2. The highest BCUT2D eigenvalue weighted by Crippen LogP contribution is 2.48. The summed E-state index contributed by atoms with van der Waals surface area (Å²) < 4.78 is 7.72. The van der Waals surface area contributed by atoms with Crippen molar-refractivity contribution in [2.24, 2.45) is 5.73 Å². The summed E-state index contributed by atoms with van der Waals surface area (Å²) in [5, 5.41) is 2.95. The van der Waals surface area contributed by atoms with Crippen LogP contribution in [0, 0.1) is 0 Å². The van der Waals surface area contributed by atoms with Crippen LogP contribution in [0.3, 0.4) is 0 Å². The molecule has 2 aliphatic heterocycles. The Morgan fingerprint density at radius 2 is 1.81 bits per heavy atom. The second-order valence-electron chi connectivity index (χ2n) is 7.11. The van der Waals surface area contributed by atoms with Gasteiger partial charge in [0.15, 0.2) is 0 Å². The van der Waals surface area contributed by atoms with E-state index in [-0.39, 0.29) is 28.8 Å². The first-order valence-electron chi connectivity index (χ1n) is 9.40. The van der Waals surface area contributed by atoms with E-state index in [0.717, 1.165) is 9.36 Å². The highest BCUT2D eigenvalue weighted by atomic mass is 79.9. The molecule has 31 heavy (non-hydrogen) atoms. The topological polar surface area (TPSA) is 125 Å². The maximum atomic E-state index is 13.6. The van der Waals surface area contributed by atoms with Crippen molar-refractivity contribution in [1.29, 1.82) is 0 Å². The van der Waals surface area contributed by atoms with E-state index < -0.39 is 28.5 Å². The molecule has 3 aromatic rings. The number of nitrogens with one attached hydrogen (secondary N) is 1. The number of esters is 1. The Kier molecular flexibility index (Phi) is 4.00. The molecule has 1 spiro atoms. The number of halogens is 1. The Bertz CT molecular complexity index is 1490. The minimum absolute atomic E-state index is 0.0165. The summed E-state index contributed by atoms with van der Waals surface area (Å²) in [5.74, 6) is -1.89. The van der Waals surface area contributed by atoms with Crippen LogP contribution in [-0.4, -0.2) is 27.8 Å². The Labute approximate surface area is 182 Å². The predicted octanol–water partition coefficient (Wildman–Crippen LogP) is 1.33. The summed E-state index contributed by atoms with van der Waals surface area (Å²) in [4.78, 5) is 53.5. The number of ether oxygens (including phenoxy) is 1. The van der Waals surface area contributed by atoms with E-state index in [0.29, 0.717) is 15.7 Å². The van der Waals surface area contributed by atoms with Gasteiger partial charge < -0.3 is 15.8 Å². The monoisotopic (exact) mass is 482 g/mol. The number of aromatic nitrogens is 2. The van der Waals surface area contributed by atoms with Gasteiger partial charge in [-0.1, -0.05) is 34.1 Å². The quantitative estimate of drug-likeness (QED) is 0.530. The molecule has 0 radical (unpaired) electrons. The molecule has 5 rings (SSSR count). The van der Waals surface area contributed by atoms with E-state index >= 15 is 0 Å². The van der Waals surface area contributed by atoms with Crippen molar-refractivity contribution >= 4 is 50.1 Å². The minimum Gasteiger partial charge on any atom is -0.462 e. The normalized spacial score (nSPS) is 19.0.